The molecule has 8 nitrogen and oxygen atoms in total. The van der Waals surface area contributed by atoms with Gasteiger partial charge in [0.05, 0.1) is 11.4 Å². The van der Waals surface area contributed by atoms with Crippen molar-refractivity contribution in [2.24, 2.45) is 0 Å². The van der Waals surface area contributed by atoms with Crippen LogP contribution in [0.2, 0.25) is 0 Å². The van der Waals surface area contributed by atoms with Crippen LogP contribution in [0.15, 0.2) is 38.9 Å². The maximum Gasteiger partial charge on any atom is 0.437 e. The number of anilines is 1. The van der Waals surface area contributed by atoms with Crippen LogP contribution in [0, 0.1) is 20.8 Å². The van der Waals surface area contributed by atoms with Crippen LogP contribution < -0.4 is 16.4 Å². The van der Waals surface area contributed by atoms with Gasteiger partial charge in [0, 0.05) is 5.69 Å². The van der Waals surface area contributed by atoms with Crippen LogP contribution in [0.4, 0.5) is 5.69 Å². The molecule has 9 heteroatoms. The van der Waals surface area contributed by atoms with Gasteiger partial charge in [-0.05, 0) is 43.3 Å². The zero-order chi connectivity index (χ0) is 20.3. The molecule has 0 fully saturated rings. The number of carbonyl (C=O) groups is 2. The molecule has 0 saturated heterocycles. The van der Waals surface area contributed by atoms with Crippen molar-refractivity contribution in [3.05, 3.63) is 56.9 Å². The summed E-state index contributed by atoms with van der Waals surface area (Å²) in [4.78, 5) is 36.7. The fourth-order valence-electron chi connectivity index (χ4n) is 2.84. The molecule has 2 N–H and O–H groups in total. The van der Waals surface area contributed by atoms with Crippen LogP contribution in [0.5, 0.6) is 0 Å². The predicted octanol–water partition coefficient (Wildman–Crippen LogP) is 2.24. The van der Waals surface area contributed by atoms with Crippen LogP contribution >= 0.6 is 11.3 Å². The lowest BCUT2D eigenvalue weighted by Crippen LogP contribution is -2.36. The van der Waals surface area contributed by atoms with E-state index in [1.165, 1.54) is 11.3 Å². The first-order chi connectivity index (χ1) is 13.3. The Morgan fingerprint density at radius 2 is 1.89 bits per heavy atom. The highest BCUT2D eigenvalue weighted by Gasteiger charge is 2.15. The molecule has 2 aromatic heterocycles. The minimum Gasteiger partial charge on any atom is -0.387 e. The van der Waals surface area contributed by atoms with Crippen molar-refractivity contribution >= 4 is 28.8 Å². The van der Waals surface area contributed by atoms with Crippen molar-refractivity contribution in [3.63, 3.8) is 0 Å². The minimum absolute atomic E-state index is 0.163. The molecule has 28 heavy (non-hydrogen) atoms. The van der Waals surface area contributed by atoms with Crippen LogP contribution in [0.3, 0.4) is 0 Å². The fourth-order valence-corrected chi connectivity index (χ4v) is 3.48. The van der Waals surface area contributed by atoms with Crippen molar-refractivity contribution in [2.75, 3.05) is 11.9 Å². The molecule has 3 aromatic rings. The van der Waals surface area contributed by atoms with Crippen molar-refractivity contribution in [3.8, 4) is 10.8 Å². The molecule has 0 aliphatic carbocycles. The molecular weight excluding hydrogens is 380 g/mol. The Hall–Kier alpha value is -3.20. The monoisotopic (exact) mass is 400 g/mol. The van der Waals surface area contributed by atoms with Crippen molar-refractivity contribution in [1.82, 2.24) is 15.1 Å². The topological polar surface area (TPSA) is 106 Å². The highest BCUT2D eigenvalue weighted by Crippen LogP contribution is 2.22. The van der Waals surface area contributed by atoms with E-state index >= 15 is 0 Å². The van der Waals surface area contributed by atoms with Crippen LogP contribution in [0.25, 0.3) is 10.8 Å². The molecule has 146 valence electrons. The molecule has 1 aromatic carbocycles. The fraction of sp³-hybridized carbons (Fsp3) is 0.263. The summed E-state index contributed by atoms with van der Waals surface area (Å²) in [5.74, 6) is -1.43. The predicted molar refractivity (Wildman–Crippen MR) is 106 cm³/mol. The smallest absolute Gasteiger partial charge is 0.387 e. The third kappa shape index (κ3) is 4.55. The standard InChI is InChI=1S/C19H20N4O4S/c1-11-7-12(2)17(13(3)8-11)21-15(24)9-20-16(25)10-23-19(26)27-18(22-23)14-5-4-6-28-14/h4-8H,9-10H2,1-3H3,(H,20,25)(H,21,24). The number of nitrogens with zero attached hydrogens (tertiary/aromatic N) is 2. The second kappa shape index (κ2) is 8.22. The Kier molecular flexibility index (Phi) is 5.74. The van der Waals surface area contributed by atoms with Crippen LogP contribution in [0.1, 0.15) is 16.7 Å². The lowest BCUT2D eigenvalue weighted by molar-refractivity contribution is -0.124. The number of rotatable bonds is 6. The van der Waals surface area contributed by atoms with E-state index in [0.717, 1.165) is 27.1 Å². The molecule has 0 unspecified atom stereocenters. The van der Waals surface area contributed by atoms with E-state index in [2.05, 4.69) is 15.7 Å². The van der Waals surface area contributed by atoms with Gasteiger partial charge in [-0.25, -0.2) is 4.79 Å². The largest absolute Gasteiger partial charge is 0.437 e. The molecule has 0 aliphatic rings. The summed E-state index contributed by atoms with van der Waals surface area (Å²) < 4.78 is 5.98. The summed E-state index contributed by atoms with van der Waals surface area (Å²) in [5, 5.41) is 11.1. The van der Waals surface area contributed by atoms with Gasteiger partial charge in [-0.1, -0.05) is 23.8 Å². The molecular formula is C19H20N4O4S. The zero-order valence-electron chi connectivity index (χ0n) is 15.7. The number of hydrogen-bond acceptors (Lipinski definition) is 6. The lowest BCUT2D eigenvalue weighted by atomic mass is 10.1. The van der Waals surface area contributed by atoms with Crippen molar-refractivity contribution < 1.29 is 14.0 Å². The Balaban J connectivity index is 1.56. The van der Waals surface area contributed by atoms with Gasteiger partial charge < -0.3 is 15.1 Å². The zero-order valence-corrected chi connectivity index (χ0v) is 16.6. The number of aromatic nitrogens is 2. The van der Waals surface area contributed by atoms with Gasteiger partial charge in [0.1, 0.15) is 6.54 Å². The van der Waals surface area contributed by atoms with E-state index in [0.29, 0.717) is 4.88 Å². The first kappa shape index (κ1) is 19.6. The average molecular weight is 400 g/mol. The summed E-state index contributed by atoms with van der Waals surface area (Å²) in [5.41, 5.74) is 3.75. The van der Waals surface area contributed by atoms with E-state index in [9.17, 15) is 14.4 Å². The van der Waals surface area contributed by atoms with Crippen LogP contribution in [-0.2, 0) is 16.1 Å². The SMILES string of the molecule is Cc1cc(C)c(NC(=O)CNC(=O)Cn2nc(-c3cccs3)oc2=O)c(C)c1. The second-order valence-corrected chi connectivity index (χ2v) is 7.35. The van der Waals surface area contributed by atoms with Gasteiger partial charge in [-0.2, -0.15) is 4.68 Å². The Morgan fingerprint density at radius 3 is 2.54 bits per heavy atom. The molecule has 0 aliphatic heterocycles. The number of hydrogen-bond donors (Lipinski definition) is 2. The molecule has 3 rings (SSSR count). The van der Waals surface area contributed by atoms with Gasteiger partial charge >= 0.3 is 5.76 Å². The Bertz CT molecular complexity index is 1040. The number of amides is 2. The second-order valence-electron chi connectivity index (χ2n) is 6.41. The van der Waals surface area contributed by atoms with Gasteiger partial charge in [-0.3, -0.25) is 9.59 Å². The number of benzene rings is 1. The van der Waals surface area contributed by atoms with E-state index < -0.39 is 11.7 Å². The number of thiophene rings is 1. The van der Waals surface area contributed by atoms with Gasteiger partial charge in [0.2, 0.25) is 11.8 Å². The molecule has 0 spiro atoms. The van der Waals surface area contributed by atoms with E-state index in [1.54, 1.807) is 6.07 Å². The highest BCUT2D eigenvalue weighted by molar-refractivity contribution is 7.13. The van der Waals surface area contributed by atoms with E-state index in [-0.39, 0.29) is 24.9 Å². The summed E-state index contributed by atoms with van der Waals surface area (Å²) in [6, 6.07) is 7.52. The summed E-state index contributed by atoms with van der Waals surface area (Å²) >= 11 is 1.37. The average Bonchev–Trinajstić information content (AvgIpc) is 3.27. The first-order valence-corrected chi connectivity index (χ1v) is 9.47. The van der Waals surface area contributed by atoms with Gasteiger partial charge in [0.15, 0.2) is 0 Å². The summed E-state index contributed by atoms with van der Waals surface area (Å²) in [6.45, 7) is 5.27. The van der Waals surface area contributed by atoms with Gasteiger partial charge in [0.25, 0.3) is 5.89 Å². The first-order valence-electron chi connectivity index (χ1n) is 8.59. The number of carbonyl (C=O) groups excluding carboxylic acids is 2. The maximum absolute atomic E-state index is 12.2. The normalized spacial score (nSPS) is 10.7. The molecule has 0 atom stereocenters. The molecule has 2 amide bonds. The van der Waals surface area contributed by atoms with E-state index in [4.69, 9.17) is 4.42 Å². The Labute approximate surface area is 165 Å². The highest BCUT2D eigenvalue weighted by atomic mass is 32.1. The Morgan fingerprint density at radius 1 is 1.18 bits per heavy atom. The molecule has 0 bridgehead atoms. The maximum atomic E-state index is 12.2. The molecule has 2 heterocycles. The van der Waals surface area contributed by atoms with Gasteiger partial charge in [-0.15, -0.1) is 16.4 Å². The minimum atomic E-state index is -0.728. The number of nitrogens with one attached hydrogen (secondary N) is 2. The lowest BCUT2D eigenvalue weighted by Gasteiger charge is -2.13. The third-order valence-electron chi connectivity index (χ3n) is 4.02. The summed E-state index contributed by atoms with van der Waals surface area (Å²) in [6.07, 6.45) is 0. The third-order valence-corrected chi connectivity index (χ3v) is 4.88. The summed E-state index contributed by atoms with van der Waals surface area (Å²) in [7, 11) is 0. The molecule has 0 radical (unpaired) electrons. The van der Waals surface area contributed by atoms with Crippen LogP contribution in [-0.4, -0.2) is 28.1 Å². The quantitative estimate of drug-likeness (QED) is 0.660. The van der Waals surface area contributed by atoms with E-state index in [1.807, 2.05) is 44.4 Å². The van der Waals surface area contributed by atoms with Crippen molar-refractivity contribution in [1.29, 1.82) is 0 Å². The van der Waals surface area contributed by atoms with Crippen molar-refractivity contribution in [2.45, 2.75) is 27.3 Å². The molecule has 0 saturated carbocycles. The number of aryl methyl sites for hydroxylation is 3.